The molecular weight excluding hydrogens is 302 g/mol. The van der Waals surface area contributed by atoms with Gasteiger partial charge in [-0.25, -0.2) is 24.9 Å². The number of imidazole rings is 1. The van der Waals surface area contributed by atoms with E-state index in [-0.39, 0.29) is 0 Å². The van der Waals surface area contributed by atoms with Crippen molar-refractivity contribution in [3.63, 3.8) is 0 Å². The summed E-state index contributed by atoms with van der Waals surface area (Å²) in [5.74, 6) is 2.45. The molecule has 1 fully saturated rings. The average molecular weight is 321 g/mol. The number of rotatable bonds is 4. The molecule has 7 nitrogen and oxygen atoms in total. The van der Waals surface area contributed by atoms with Crippen LogP contribution in [0.5, 0.6) is 0 Å². The van der Waals surface area contributed by atoms with Gasteiger partial charge in [-0.1, -0.05) is 0 Å². The van der Waals surface area contributed by atoms with Crippen LogP contribution in [0, 0.1) is 5.92 Å². The standard InChI is InChI=1S/C17H19N7/c1-23-7-5-19-17(23)15-9-14(20-12-21-15)8-13-3-6-24(10-13)16-2-4-18-11-22-16/h2,4-5,7,9,11-13H,3,6,8,10H2,1H3. The second-order valence-corrected chi connectivity index (χ2v) is 6.13. The van der Waals surface area contributed by atoms with Gasteiger partial charge in [-0.05, 0) is 30.9 Å². The van der Waals surface area contributed by atoms with Crippen LogP contribution < -0.4 is 4.90 Å². The highest BCUT2D eigenvalue weighted by molar-refractivity contribution is 5.49. The van der Waals surface area contributed by atoms with Crippen LogP contribution in [0.4, 0.5) is 5.82 Å². The third-order valence-electron chi connectivity index (χ3n) is 4.45. The monoisotopic (exact) mass is 321 g/mol. The maximum Gasteiger partial charge on any atom is 0.158 e. The number of hydrogen-bond donors (Lipinski definition) is 0. The van der Waals surface area contributed by atoms with E-state index >= 15 is 0 Å². The van der Waals surface area contributed by atoms with Crippen LogP contribution in [0.15, 0.2) is 43.4 Å². The number of nitrogens with zero attached hydrogens (tertiary/aromatic N) is 7. The Bertz CT molecular complexity index is 815. The maximum absolute atomic E-state index is 4.45. The summed E-state index contributed by atoms with van der Waals surface area (Å²) in [7, 11) is 1.97. The highest BCUT2D eigenvalue weighted by atomic mass is 15.2. The van der Waals surface area contributed by atoms with E-state index in [9.17, 15) is 0 Å². The van der Waals surface area contributed by atoms with Crippen molar-refractivity contribution in [1.82, 2.24) is 29.5 Å². The Morgan fingerprint density at radius 3 is 2.88 bits per heavy atom. The van der Waals surface area contributed by atoms with Crippen LogP contribution in [0.3, 0.4) is 0 Å². The molecule has 0 radical (unpaired) electrons. The van der Waals surface area contributed by atoms with Gasteiger partial charge < -0.3 is 9.47 Å². The molecule has 1 saturated heterocycles. The molecule has 0 bridgehead atoms. The van der Waals surface area contributed by atoms with Crippen LogP contribution in [0.25, 0.3) is 11.5 Å². The lowest BCUT2D eigenvalue weighted by Gasteiger charge is -2.16. The minimum absolute atomic E-state index is 0.573. The van der Waals surface area contributed by atoms with Gasteiger partial charge in [0.25, 0.3) is 0 Å². The number of aryl methyl sites for hydroxylation is 1. The van der Waals surface area contributed by atoms with E-state index in [1.165, 1.54) is 0 Å². The summed E-state index contributed by atoms with van der Waals surface area (Å²) in [5, 5.41) is 0. The third-order valence-corrected chi connectivity index (χ3v) is 4.45. The minimum atomic E-state index is 0.573. The lowest BCUT2D eigenvalue weighted by Crippen LogP contribution is -2.21. The summed E-state index contributed by atoms with van der Waals surface area (Å²) in [6, 6.07) is 4.02. The van der Waals surface area contributed by atoms with Crippen LogP contribution in [0.1, 0.15) is 12.1 Å². The summed E-state index contributed by atoms with van der Waals surface area (Å²) in [6.07, 6.45) is 10.8. The molecule has 24 heavy (non-hydrogen) atoms. The van der Waals surface area contributed by atoms with Crippen molar-refractivity contribution in [1.29, 1.82) is 0 Å². The molecule has 3 aromatic rings. The van der Waals surface area contributed by atoms with E-state index in [1.807, 2.05) is 23.9 Å². The highest BCUT2D eigenvalue weighted by Crippen LogP contribution is 2.24. The van der Waals surface area contributed by atoms with Crippen molar-refractivity contribution in [3.8, 4) is 11.5 Å². The van der Waals surface area contributed by atoms with Crippen molar-refractivity contribution in [2.24, 2.45) is 13.0 Å². The van der Waals surface area contributed by atoms with E-state index in [4.69, 9.17) is 0 Å². The lowest BCUT2D eigenvalue weighted by molar-refractivity contribution is 0.576. The highest BCUT2D eigenvalue weighted by Gasteiger charge is 2.24. The lowest BCUT2D eigenvalue weighted by atomic mass is 10.0. The van der Waals surface area contributed by atoms with Gasteiger partial charge in [-0.3, -0.25) is 0 Å². The summed E-state index contributed by atoms with van der Waals surface area (Å²) in [6.45, 7) is 2.03. The molecule has 1 aliphatic rings. The Morgan fingerprint density at radius 2 is 2.08 bits per heavy atom. The van der Waals surface area contributed by atoms with Gasteiger partial charge in [-0.2, -0.15) is 0 Å². The molecular formula is C17H19N7. The molecule has 3 aromatic heterocycles. The predicted octanol–water partition coefficient (Wildman–Crippen LogP) is 1.74. The van der Waals surface area contributed by atoms with E-state index in [2.05, 4.69) is 35.9 Å². The molecule has 122 valence electrons. The summed E-state index contributed by atoms with van der Waals surface area (Å²) < 4.78 is 1.97. The molecule has 1 atom stereocenters. The van der Waals surface area contributed by atoms with E-state index < -0.39 is 0 Å². The van der Waals surface area contributed by atoms with Crippen LogP contribution in [-0.4, -0.2) is 42.6 Å². The first-order valence-corrected chi connectivity index (χ1v) is 8.09. The van der Waals surface area contributed by atoms with Crippen molar-refractivity contribution in [2.45, 2.75) is 12.8 Å². The van der Waals surface area contributed by atoms with Gasteiger partial charge in [0.05, 0.1) is 0 Å². The first kappa shape index (κ1) is 14.7. The average Bonchev–Trinajstić information content (AvgIpc) is 3.25. The zero-order valence-corrected chi connectivity index (χ0v) is 13.6. The van der Waals surface area contributed by atoms with Crippen LogP contribution >= 0.6 is 0 Å². The van der Waals surface area contributed by atoms with E-state index in [0.29, 0.717) is 5.92 Å². The predicted molar refractivity (Wildman–Crippen MR) is 90.3 cm³/mol. The minimum Gasteiger partial charge on any atom is -0.356 e. The Hall–Kier alpha value is -2.83. The molecule has 0 amide bonds. The molecule has 0 aromatic carbocycles. The Labute approximate surface area is 140 Å². The second-order valence-electron chi connectivity index (χ2n) is 6.13. The zero-order valence-electron chi connectivity index (χ0n) is 13.6. The summed E-state index contributed by atoms with van der Waals surface area (Å²) in [4.78, 5) is 23.8. The van der Waals surface area contributed by atoms with Crippen molar-refractivity contribution < 1.29 is 0 Å². The van der Waals surface area contributed by atoms with Crippen molar-refractivity contribution in [2.75, 3.05) is 18.0 Å². The maximum atomic E-state index is 4.45. The summed E-state index contributed by atoms with van der Waals surface area (Å²) in [5.41, 5.74) is 1.94. The van der Waals surface area contributed by atoms with Crippen molar-refractivity contribution in [3.05, 3.63) is 49.1 Å². The van der Waals surface area contributed by atoms with E-state index in [0.717, 1.165) is 49.0 Å². The number of anilines is 1. The third kappa shape index (κ3) is 2.97. The quantitative estimate of drug-likeness (QED) is 0.729. The van der Waals surface area contributed by atoms with E-state index in [1.54, 1.807) is 25.0 Å². The van der Waals surface area contributed by atoms with Gasteiger partial charge in [0.2, 0.25) is 0 Å². The molecule has 1 aliphatic heterocycles. The Kier molecular flexibility index (Phi) is 3.90. The number of hydrogen-bond acceptors (Lipinski definition) is 6. The van der Waals surface area contributed by atoms with Crippen LogP contribution in [-0.2, 0) is 13.5 Å². The van der Waals surface area contributed by atoms with Crippen LogP contribution in [0.2, 0.25) is 0 Å². The second kappa shape index (κ2) is 6.35. The first-order chi connectivity index (χ1) is 11.8. The number of aromatic nitrogens is 6. The molecule has 4 rings (SSSR count). The van der Waals surface area contributed by atoms with Gasteiger partial charge in [0, 0.05) is 44.4 Å². The first-order valence-electron chi connectivity index (χ1n) is 8.09. The van der Waals surface area contributed by atoms with Gasteiger partial charge in [0.1, 0.15) is 24.2 Å². The van der Waals surface area contributed by atoms with Gasteiger partial charge in [-0.15, -0.1) is 0 Å². The van der Waals surface area contributed by atoms with Crippen molar-refractivity contribution >= 4 is 5.82 Å². The Morgan fingerprint density at radius 1 is 1.12 bits per heavy atom. The molecule has 0 saturated carbocycles. The normalized spacial score (nSPS) is 17.4. The molecule has 0 aliphatic carbocycles. The fourth-order valence-electron chi connectivity index (χ4n) is 3.22. The zero-order chi connectivity index (χ0) is 16.4. The fraction of sp³-hybridized carbons (Fsp3) is 0.353. The van der Waals surface area contributed by atoms with Gasteiger partial charge in [0.15, 0.2) is 5.82 Å². The van der Waals surface area contributed by atoms with Gasteiger partial charge >= 0.3 is 0 Å². The fourth-order valence-corrected chi connectivity index (χ4v) is 3.22. The molecule has 0 spiro atoms. The topological polar surface area (TPSA) is 72.6 Å². The largest absolute Gasteiger partial charge is 0.356 e. The molecule has 4 heterocycles. The summed E-state index contributed by atoms with van der Waals surface area (Å²) >= 11 is 0. The smallest absolute Gasteiger partial charge is 0.158 e. The molecule has 0 N–H and O–H groups in total. The molecule has 7 heteroatoms. The molecule has 1 unspecified atom stereocenters. The Balaban J connectivity index is 1.46. The SMILES string of the molecule is Cn1ccnc1-c1cc(CC2CCN(c3ccncn3)C2)ncn1.